The summed E-state index contributed by atoms with van der Waals surface area (Å²) in [5, 5.41) is 7.60. The first-order valence-electron chi connectivity index (χ1n) is 7.88. The number of anilines is 1. The fourth-order valence-corrected chi connectivity index (χ4v) is 2.16. The molecule has 0 saturated carbocycles. The van der Waals surface area contributed by atoms with E-state index in [1.54, 1.807) is 12.3 Å². The maximum Gasteiger partial charge on any atom is 0.191 e. The second kappa shape index (κ2) is 10.1. The molecule has 0 saturated heterocycles. The Bertz CT molecular complexity index is 733. The topological polar surface area (TPSA) is 54.9 Å². The fraction of sp³-hybridized carbons (Fsp3) is 0.158. The van der Waals surface area contributed by atoms with Crippen LogP contribution >= 0.6 is 12.2 Å². The molecule has 5 nitrogen and oxygen atoms in total. The number of nitrogens with zero attached hydrogens (tertiary/aromatic N) is 1. The number of benzene rings is 2. The van der Waals surface area contributed by atoms with Crippen LogP contribution in [0, 0.1) is 0 Å². The Labute approximate surface area is 153 Å². The third kappa shape index (κ3) is 6.27. The maximum absolute atomic E-state index is 5.60. The van der Waals surface area contributed by atoms with Gasteiger partial charge in [0.15, 0.2) is 16.6 Å². The van der Waals surface area contributed by atoms with Gasteiger partial charge in [0, 0.05) is 5.69 Å². The first-order valence-corrected chi connectivity index (χ1v) is 8.29. The van der Waals surface area contributed by atoms with Crippen LogP contribution in [0.4, 0.5) is 5.69 Å². The van der Waals surface area contributed by atoms with Gasteiger partial charge in [-0.2, -0.15) is 5.10 Å². The molecule has 0 atom stereocenters. The maximum atomic E-state index is 5.60. The Morgan fingerprint density at radius 3 is 2.68 bits per heavy atom. The van der Waals surface area contributed by atoms with Crippen molar-refractivity contribution < 1.29 is 9.47 Å². The average molecular weight is 355 g/mol. The summed E-state index contributed by atoms with van der Waals surface area (Å²) in [6.07, 6.45) is 3.36. The minimum atomic E-state index is 0.415. The van der Waals surface area contributed by atoms with Gasteiger partial charge in [-0.3, -0.25) is 5.43 Å². The molecule has 0 radical (unpaired) electrons. The van der Waals surface area contributed by atoms with Crippen molar-refractivity contribution in [2.75, 3.05) is 18.5 Å². The zero-order valence-corrected chi connectivity index (χ0v) is 14.9. The number of nitrogens with one attached hydrogen (secondary N) is 2. The molecule has 0 aromatic heterocycles. The molecule has 0 spiro atoms. The van der Waals surface area contributed by atoms with Crippen molar-refractivity contribution in [1.29, 1.82) is 0 Å². The van der Waals surface area contributed by atoms with Crippen LogP contribution in [0.3, 0.4) is 0 Å². The summed E-state index contributed by atoms with van der Waals surface area (Å²) < 4.78 is 11.2. The lowest BCUT2D eigenvalue weighted by Gasteiger charge is -2.11. The Morgan fingerprint density at radius 1 is 1.16 bits per heavy atom. The molecule has 0 heterocycles. The van der Waals surface area contributed by atoms with Crippen molar-refractivity contribution in [3.8, 4) is 11.5 Å². The first kappa shape index (κ1) is 18.5. The number of hydrogen-bond donors (Lipinski definition) is 2. The van der Waals surface area contributed by atoms with Gasteiger partial charge in [-0.15, -0.1) is 0 Å². The minimum Gasteiger partial charge on any atom is -0.490 e. The van der Waals surface area contributed by atoms with Crippen LogP contribution < -0.4 is 20.2 Å². The summed E-state index contributed by atoms with van der Waals surface area (Å²) in [5.41, 5.74) is 4.55. The molecule has 2 N–H and O–H groups in total. The molecule has 2 aromatic carbocycles. The van der Waals surface area contributed by atoms with Gasteiger partial charge in [-0.1, -0.05) is 30.9 Å². The minimum absolute atomic E-state index is 0.415. The van der Waals surface area contributed by atoms with E-state index in [-0.39, 0.29) is 0 Å². The lowest BCUT2D eigenvalue weighted by molar-refractivity contribution is 0.297. The van der Waals surface area contributed by atoms with E-state index < -0.39 is 0 Å². The second-order valence-corrected chi connectivity index (χ2v) is 5.34. The van der Waals surface area contributed by atoms with E-state index in [0.717, 1.165) is 11.3 Å². The molecular formula is C19H21N3O2S. The van der Waals surface area contributed by atoms with Crippen LogP contribution in [0.2, 0.25) is 0 Å². The van der Waals surface area contributed by atoms with E-state index in [9.17, 15) is 0 Å². The van der Waals surface area contributed by atoms with Gasteiger partial charge in [0.2, 0.25) is 0 Å². The van der Waals surface area contributed by atoms with Gasteiger partial charge in [0.1, 0.15) is 6.61 Å². The third-order valence-corrected chi connectivity index (χ3v) is 3.23. The molecule has 130 valence electrons. The highest BCUT2D eigenvalue weighted by molar-refractivity contribution is 7.80. The van der Waals surface area contributed by atoms with E-state index >= 15 is 0 Å². The number of hydrogen-bond acceptors (Lipinski definition) is 4. The molecule has 6 heteroatoms. The van der Waals surface area contributed by atoms with Crippen LogP contribution in [-0.2, 0) is 0 Å². The van der Waals surface area contributed by atoms with Gasteiger partial charge in [-0.05, 0) is 55.0 Å². The summed E-state index contributed by atoms with van der Waals surface area (Å²) in [4.78, 5) is 0. The zero-order chi connectivity index (χ0) is 17.9. The monoisotopic (exact) mass is 355 g/mol. The lowest BCUT2D eigenvalue weighted by Crippen LogP contribution is -2.23. The molecule has 0 aliphatic carbocycles. The van der Waals surface area contributed by atoms with Gasteiger partial charge in [0.05, 0.1) is 12.8 Å². The summed E-state index contributed by atoms with van der Waals surface area (Å²) in [6.45, 7) is 6.54. The van der Waals surface area contributed by atoms with E-state index in [1.165, 1.54) is 0 Å². The molecule has 0 aliphatic heterocycles. The van der Waals surface area contributed by atoms with Crippen LogP contribution in [0.5, 0.6) is 11.5 Å². The zero-order valence-electron chi connectivity index (χ0n) is 14.1. The second-order valence-electron chi connectivity index (χ2n) is 4.93. The van der Waals surface area contributed by atoms with E-state index in [4.69, 9.17) is 21.7 Å². The van der Waals surface area contributed by atoms with Crippen molar-refractivity contribution >= 4 is 29.2 Å². The van der Waals surface area contributed by atoms with Crippen molar-refractivity contribution in [3.63, 3.8) is 0 Å². The van der Waals surface area contributed by atoms with Crippen molar-refractivity contribution in [3.05, 3.63) is 66.7 Å². The lowest BCUT2D eigenvalue weighted by atomic mass is 10.2. The molecule has 0 amide bonds. The fourth-order valence-electron chi connectivity index (χ4n) is 1.99. The first-order chi connectivity index (χ1) is 12.2. The smallest absolute Gasteiger partial charge is 0.191 e. The SMILES string of the molecule is C=CCOc1ccc(C=NNC(=S)Nc2ccccc2)cc1OCC. The Morgan fingerprint density at radius 2 is 1.96 bits per heavy atom. The van der Waals surface area contributed by atoms with Crippen LogP contribution in [0.25, 0.3) is 0 Å². The predicted octanol–water partition coefficient (Wildman–Crippen LogP) is 3.97. The molecule has 2 rings (SSSR count). The summed E-state index contributed by atoms with van der Waals surface area (Å²) in [7, 11) is 0. The molecule has 2 aromatic rings. The molecule has 25 heavy (non-hydrogen) atoms. The van der Waals surface area contributed by atoms with Gasteiger partial charge in [0.25, 0.3) is 0 Å². The quantitative estimate of drug-likeness (QED) is 0.325. The Hall–Kier alpha value is -2.86. The van der Waals surface area contributed by atoms with Gasteiger partial charge < -0.3 is 14.8 Å². The van der Waals surface area contributed by atoms with Crippen molar-refractivity contribution in [2.24, 2.45) is 5.10 Å². The van der Waals surface area contributed by atoms with Gasteiger partial charge >= 0.3 is 0 Å². The number of para-hydroxylation sites is 1. The standard InChI is InChI=1S/C19H21N3O2S/c1-3-12-24-17-11-10-15(13-18(17)23-4-2)14-20-22-19(25)21-16-8-6-5-7-9-16/h3,5-11,13-14H,1,4,12H2,2H3,(H2,21,22,25). The van der Waals surface area contributed by atoms with Crippen LogP contribution in [0.1, 0.15) is 12.5 Å². The number of hydrazone groups is 1. The average Bonchev–Trinajstić information content (AvgIpc) is 2.62. The molecule has 0 aliphatic rings. The van der Waals surface area contributed by atoms with Crippen molar-refractivity contribution in [2.45, 2.75) is 6.92 Å². The molecule has 0 bridgehead atoms. The summed E-state index contributed by atoms with van der Waals surface area (Å²) in [5.74, 6) is 1.34. The predicted molar refractivity (Wildman–Crippen MR) is 107 cm³/mol. The van der Waals surface area contributed by atoms with Crippen molar-refractivity contribution in [1.82, 2.24) is 5.43 Å². The van der Waals surface area contributed by atoms with E-state index in [2.05, 4.69) is 22.4 Å². The van der Waals surface area contributed by atoms with Crippen LogP contribution in [0.15, 0.2) is 66.3 Å². The summed E-state index contributed by atoms with van der Waals surface area (Å²) in [6, 6.07) is 15.2. The van der Waals surface area contributed by atoms with E-state index in [1.807, 2.05) is 55.5 Å². The van der Waals surface area contributed by atoms with Gasteiger partial charge in [-0.25, -0.2) is 0 Å². The highest BCUT2D eigenvalue weighted by atomic mass is 32.1. The summed E-state index contributed by atoms with van der Waals surface area (Å²) >= 11 is 5.20. The molecule has 0 fully saturated rings. The Balaban J connectivity index is 1.96. The third-order valence-electron chi connectivity index (χ3n) is 3.04. The Kier molecular flexibility index (Phi) is 7.46. The highest BCUT2D eigenvalue weighted by Crippen LogP contribution is 2.28. The van der Waals surface area contributed by atoms with Crippen LogP contribution in [-0.4, -0.2) is 24.5 Å². The molecule has 0 unspecified atom stereocenters. The number of rotatable bonds is 8. The number of ether oxygens (including phenoxy) is 2. The van der Waals surface area contributed by atoms with E-state index in [0.29, 0.717) is 29.8 Å². The highest BCUT2D eigenvalue weighted by Gasteiger charge is 2.05. The number of thiocarbonyl (C=S) groups is 1. The normalized spacial score (nSPS) is 10.3. The largest absolute Gasteiger partial charge is 0.490 e. The molecular weight excluding hydrogens is 334 g/mol.